The summed E-state index contributed by atoms with van der Waals surface area (Å²) in [4.78, 5) is 11.1. The fraction of sp³-hybridized carbons (Fsp3) is 0.889. The third-order valence-electron chi connectivity index (χ3n) is 2.34. The first kappa shape index (κ1) is 10.3. The first-order valence-electron chi connectivity index (χ1n) is 4.98. The van der Waals surface area contributed by atoms with Crippen molar-refractivity contribution in [3.63, 3.8) is 0 Å². The third kappa shape index (κ3) is 4.12. The maximum absolute atomic E-state index is 11.1. The Labute approximate surface area is 78.7 Å². The van der Waals surface area contributed by atoms with Crippen molar-refractivity contribution in [2.45, 2.75) is 38.1 Å². The van der Waals surface area contributed by atoms with Crippen LogP contribution in [0, 0.1) is 0 Å². The van der Waals surface area contributed by atoms with Crippen LogP contribution < -0.4 is 10.6 Å². The quantitative estimate of drug-likeness (QED) is 0.604. The Balaban J connectivity index is 2.11. The highest BCUT2D eigenvalue weighted by Gasteiger charge is 2.14. The van der Waals surface area contributed by atoms with Gasteiger partial charge in [-0.15, -0.1) is 0 Å². The lowest BCUT2D eigenvalue weighted by Gasteiger charge is -2.22. The number of amides is 2. The van der Waals surface area contributed by atoms with E-state index in [9.17, 15) is 4.79 Å². The number of urea groups is 1. The summed E-state index contributed by atoms with van der Waals surface area (Å²) in [7, 11) is 0. The maximum Gasteiger partial charge on any atom is 0.315 e. The molecule has 4 nitrogen and oxygen atoms in total. The number of aliphatic hydroxyl groups excluding tert-OH is 1. The van der Waals surface area contributed by atoms with Crippen molar-refractivity contribution in [1.82, 2.24) is 10.6 Å². The summed E-state index contributed by atoms with van der Waals surface area (Å²) in [6, 6.07) is 0.188. The Morgan fingerprint density at radius 2 is 2.00 bits per heavy atom. The molecule has 2 amide bonds. The van der Waals surface area contributed by atoms with Crippen molar-refractivity contribution in [2.75, 3.05) is 13.2 Å². The number of carbonyl (C=O) groups is 1. The average molecular weight is 186 g/mol. The number of rotatable bonds is 3. The fourth-order valence-electron chi connectivity index (χ4n) is 1.65. The maximum atomic E-state index is 11.1. The second-order valence-corrected chi connectivity index (χ2v) is 3.46. The Morgan fingerprint density at radius 1 is 1.31 bits per heavy atom. The van der Waals surface area contributed by atoms with Gasteiger partial charge in [0.25, 0.3) is 0 Å². The van der Waals surface area contributed by atoms with E-state index in [-0.39, 0.29) is 12.6 Å². The molecule has 76 valence electrons. The first-order chi connectivity index (χ1) is 6.33. The highest BCUT2D eigenvalue weighted by Crippen LogP contribution is 2.16. The van der Waals surface area contributed by atoms with Gasteiger partial charge in [-0.1, -0.05) is 19.3 Å². The molecule has 1 fully saturated rings. The molecule has 0 bridgehead atoms. The standard InChI is InChI=1S/C9H18N2O2/c12-7-6-10-9(13)11-8-4-2-1-3-5-8/h8,12H,1-7H2,(H2,10,11,13). The number of nitrogens with one attached hydrogen (secondary N) is 2. The molecule has 0 heterocycles. The average Bonchev–Trinajstić information content (AvgIpc) is 2.16. The zero-order valence-corrected chi connectivity index (χ0v) is 7.88. The molecule has 0 radical (unpaired) electrons. The number of hydrogen-bond donors (Lipinski definition) is 3. The first-order valence-corrected chi connectivity index (χ1v) is 4.98. The number of hydrogen-bond acceptors (Lipinski definition) is 2. The van der Waals surface area contributed by atoms with Crippen molar-refractivity contribution in [2.24, 2.45) is 0 Å². The minimum absolute atomic E-state index is 0.00190. The van der Waals surface area contributed by atoms with E-state index in [1.807, 2.05) is 0 Å². The second kappa shape index (κ2) is 5.80. The predicted octanol–water partition coefficient (Wildman–Crippen LogP) is 0.611. The topological polar surface area (TPSA) is 61.4 Å². The minimum atomic E-state index is -0.152. The summed E-state index contributed by atoms with van der Waals surface area (Å²) >= 11 is 0. The summed E-state index contributed by atoms with van der Waals surface area (Å²) in [6.07, 6.45) is 5.89. The molecule has 0 aromatic carbocycles. The van der Waals surface area contributed by atoms with E-state index in [0.717, 1.165) is 12.8 Å². The van der Waals surface area contributed by atoms with E-state index >= 15 is 0 Å². The van der Waals surface area contributed by atoms with E-state index < -0.39 is 0 Å². The molecular formula is C9H18N2O2. The van der Waals surface area contributed by atoms with Crippen LogP contribution in [0.25, 0.3) is 0 Å². The monoisotopic (exact) mass is 186 g/mol. The molecule has 1 aliphatic carbocycles. The molecule has 0 aromatic heterocycles. The van der Waals surface area contributed by atoms with Crippen molar-refractivity contribution < 1.29 is 9.90 Å². The summed E-state index contributed by atoms with van der Waals surface area (Å²) in [5.74, 6) is 0. The molecule has 3 N–H and O–H groups in total. The van der Waals surface area contributed by atoms with Crippen molar-refractivity contribution >= 4 is 6.03 Å². The van der Waals surface area contributed by atoms with Crippen LogP contribution in [0.5, 0.6) is 0 Å². The van der Waals surface area contributed by atoms with E-state index in [0.29, 0.717) is 12.6 Å². The molecule has 4 heteroatoms. The zero-order chi connectivity index (χ0) is 9.52. The van der Waals surface area contributed by atoms with Crippen LogP contribution in [0.15, 0.2) is 0 Å². The van der Waals surface area contributed by atoms with Gasteiger partial charge in [-0.2, -0.15) is 0 Å². The Kier molecular flexibility index (Phi) is 4.60. The molecule has 1 aliphatic rings. The second-order valence-electron chi connectivity index (χ2n) is 3.46. The number of aliphatic hydroxyl groups is 1. The number of carbonyl (C=O) groups excluding carboxylic acids is 1. The van der Waals surface area contributed by atoms with Gasteiger partial charge in [0.05, 0.1) is 6.61 Å². The Hall–Kier alpha value is -0.770. The highest BCUT2D eigenvalue weighted by molar-refractivity contribution is 5.74. The van der Waals surface area contributed by atoms with Gasteiger partial charge in [-0.05, 0) is 12.8 Å². The lowest BCUT2D eigenvalue weighted by molar-refractivity contribution is 0.226. The molecule has 0 aromatic rings. The van der Waals surface area contributed by atoms with E-state index in [4.69, 9.17) is 5.11 Å². The molecule has 1 saturated carbocycles. The lowest BCUT2D eigenvalue weighted by atomic mass is 9.96. The summed E-state index contributed by atoms with van der Waals surface area (Å²) in [5, 5.41) is 14.0. The summed E-state index contributed by atoms with van der Waals surface area (Å²) < 4.78 is 0. The van der Waals surface area contributed by atoms with Crippen molar-refractivity contribution in [3.05, 3.63) is 0 Å². The van der Waals surface area contributed by atoms with Gasteiger partial charge in [0.15, 0.2) is 0 Å². The van der Waals surface area contributed by atoms with E-state index in [2.05, 4.69) is 10.6 Å². The molecule has 1 rings (SSSR count). The molecular weight excluding hydrogens is 168 g/mol. The summed E-state index contributed by atoms with van der Waals surface area (Å²) in [6.45, 7) is 0.330. The fourth-order valence-corrected chi connectivity index (χ4v) is 1.65. The summed E-state index contributed by atoms with van der Waals surface area (Å²) in [5.41, 5.74) is 0. The van der Waals surface area contributed by atoms with E-state index in [1.165, 1.54) is 19.3 Å². The minimum Gasteiger partial charge on any atom is -0.395 e. The van der Waals surface area contributed by atoms with Crippen LogP contribution in [0.3, 0.4) is 0 Å². The molecule has 0 spiro atoms. The van der Waals surface area contributed by atoms with Gasteiger partial charge in [0.2, 0.25) is 0 Å². The molecule has 0 unspecified atom stereocenters. The molecule has 13 heavy (non-hydrogen) atoms. The van der Waals surface area contributed by atoms with Gasteiger partial charge >= 0.3 is 6.03 Å². The van der Waals surface area contributed by atoms with E-state index in [1.54, 1.807) is 0 Å². The highest BCUT2D eigenvalue weighted by atomic mass is 16.3. The van der Waals surface area contributed by atoms with Crippen LogP contribution >= 0.6 is 0 Å². The SMILES string of the molecule is O=C(NCCO)NC1CCCCC1. The largest absolute Gasteiger partial charge is 0.395 e. The Bertz CT molecular complexity index is 156. The van der Waals surface area contributed by atoms with Crippen LogP contribution in [0.2, 0.25) is 0 Å². The predicted molar refractivity (Wildman–Crippen MR) is 50.5 cm³/mol. The van der Waals surface area contributed by atoms with Gasteiger partial charge in [0, 0.05) is 12.6 Å². The molecule has 0 aliphatic heterocycles. The van der Waals surface area contributed by atoms with Crippen LogP contribution in [0.1, 0.15) is 32.1 Å². The van der Waals surface area contributed by atoms with Gasteiger partial charge in [0.1, 0.15) is 0 Å². The Morgan fingerprint density at radius 3 is 2.62 bits per heavy atom. The molecule has 0 saturated heterocycles. The third-order valence-corrected chi connectivity index (χ3v) is 2.34. The van der Waals surface area contributed by atoms with Crippen LogP contribution in [0.4, 0.5) is 4.79 Å². The zero-order valence-electron chi connectivity index (χ0n) is 7.88. The van der Waals surface area contributed by atoms with Crippen molar-refractivity contribution in [3.8, 4) is 0 Å². The van der Waals surface area contributed by atoms with Crippen LogP contribution in [-0.4, -0.2) is 30.3 Å². The normalized spacial score (nSPS) is 18.2. The van der Waals surface area contributed by atoms with Gasteiger partial charge < -0.3 is 15.7 Å². The van der Waals surface area contributed by atoms with Crippen LogP contribution in [-0.2, 0) is 0 Å². The van der Waals surface area contributed by atoms with Gasteiger partial charge in [-0.25, -0.2) is 4.79 Å². The van der Waals surface area contributed by atoms with Gasteiger partial charge in [-0.3, -0.25) is 0 Å². The smallest absolute Gasteiger partial charge is 0.315 e. The van der Waals surface area contributed by atoms with Crippen molar-refractivity contribution in [1.29, 1.82) is 0 Å². The molecule has 0 atom stereocenters. The lowest BCUT2D eigenvalue weighted by Crippen LogP contribution is -2.43.